The van der Waals surface area contributed by atoms with Crippen LogP contribution in [0, 0.1) is 6.92 Å². The third-order valence-electron chi connectivity index (χ3n) is 4.24. The summed E-state index contributed by atoms with van der Waals surface area (Å²) in [5, 5.41) is -4.38. The Morgan fingerprint density at radius 1 is 1.17 bits per heavy atom. The fourth-order valence-corrected chi connectivity index (χ4v) is 7.23. The molecule has 0 fully saturated rings. The van der Waals surface area contributed by atoms with Gasteiger partial charge < -0.3 is 0 Å². The van der Waals surface area contributed by atoms with Crippen molar-refractivity contribution in [3.63, 3.8) is 0 Å². The van der Waals surface area contributed by atoms with E-state index in [1.165, 1.54) is 37.4 Å². The van der Waals surface area contributed by atoms with Gasteiger partial charge in [-0.2, -0.15) is 0 Å². The molecule has 5 nitrogen and oxygen atoms in total. The summed E-state index contributed by atoms with van der Waals surface area (Å²) in [7, 11) is -2.96. The number of esters is 1. The molecular weight excluding hydrogens is 554 g/mol. The van der Waals surface area contributed by atoms with Gasteiger partial charge in [0.1, 0.15) is 0 Å². The van der Waals surface area contributed by atoms with Crippen LogP contribution in [-0.2, 0) is 26.0 Å². The topological polar surface area (TPSA) is 65.4 Å². The molecule has 0 amide bonds. The van der Waals surface area contributed by atoms with Crippen LogP contribution in [0.5, 0.6) is 0 Å². The van der Waals surface area contributed by atoms with Gasteiger partial charge in [0.25, 0.3) is 0 Å². The van der Waals surface area contributed by atoms with E-state index in [0.717, 1.165) is 9.54 Å². The number of methoxy groups -OCH3 is 1. The first-order valence-corrected chi connectivity index (χ1v) is 12.4. The summed E-state index contributed by atoms with van der Waals surface area (Å²) in [5.74, 6) is -0.553. The molecule has 30 heavy (non-hydrogen) atoms. The number of hydrogen-bond donors (Lipinski definition) is 0. The SMILES string of the molecule is COC(=O)Cc1ccc2c(c1)c([Se]C(F)(F)F)c(Br)n2S(=O)(=O)c1ccc(C)cc1. The number of aromatic nitrogens is 1. The predicted octanol–water partition coefficient (Wildman–Crippen LogP) is 3.51. The number of nitrogens with zero attached hydrogens (tertiary/aromatic N) is 1. The van der Waals surface area contributed by atoms with Gasteiger partial charge in [0.15, 0.2) is 0 Å². The Balaban J connectivity index is 2.27. The second kappa shape index (κ2) is 8.37. The van der Waals surface area contributed by atoms with Gasteiger partial charge in [0.05, 0.1) is 0 Å². The van der Waals surface area contributed by atoms with Gasteiger partial charge in [-0.25, -0.2) is 0 Å². The standard InChI is InChI=1S/C19H15BrF3NO4SSe/c1-11-3-6-13(7-4-11)29(26,27)24-15-8-5-12(10-16(25)28-2)9-14(15)17(18(24)20)30-19(21,22)23/h3-9H,10H2,1-2H3. The molecular formula is C19H15BrF3NO4SSe. The Morgan fingerprint density at radius 3 is 2.37 bits per heavy atom. The number of ether oxygens (including phenoxy) is 1. The van der Waals surface area contributed by atoms with Gasteiger partial charge >= 0.3 is 186 Å². The quantitative estimate of drug-likeness (QED) is 0.349. The van der Waals surface area contributed by atoms with Crippen molar-refractivity contribution < 1.29 is 31.1 Å². The molecule has 0 aliphatic rings. The zero-order valence-corrected chi connectivity index (χ0v) is 19.8. The summed E-state index contributed by atoms with van der Waals surface area (Å²) in [4.78, 5) is 11.5. The van der Waals surface area contributed by atoms with Crippen molar-refractivity contribution in [3.05, 3.63) is 58.2 Å². The molecule has 1 heterocycles. The molecule has 3 rings (SSSR count). The van der Waals surface area contributed by atoms with E-state index in [4.69, 9.17) is 0 Å². The zero-order chi connectivity index (χ0) is 22.3. The van der Waals surface area contributed by atoms with Gasteiger partial charge in [-0.15, -0.1) is 0 Å². The third kappa shape index (κ3) is 4.59. The van der Waals surface area contributed by atoms with Crippen LogP contribution in [0.1, 0.15) is 11.1 Å². The van der Waals surface area contributed by atoms with Gasteiger partial charge in [0, 0.05) is 0 Å². The Morgan fingerprint density at radius 2 is 1.80 bits per heavy atom. The molecule has 2 aromatic carbocycles. The number of fused-ring (bicyclic) bond motifs is 1. The van der Waals surface area contributed by atoms with Gasteiger partial charge in [-0.05, 0) is 0 Å². The number of carbonyl (C=O) groups excluding carboxylic acids is 1. The van der Waals surface area contributed by atoms with Gasteiger partial charge in [-0.3, -0.25) is 0 Å². The van der Waals surface area contributed by atoms with E-state index < -0.39 is 36.0 Å². The van der Waals surface area contributed by atoms with Crippen molar-refractivity contribution in [3.8, 4) is 0 Å². The third-order valence-corrected chi connectivity index (χ3v) is 9.33. The second-order valence-electron chi connectivity index (χ2n) is 6.35. The number of alkyl halides is 3. The van der Waals surface area contributed by atoms with Crippen LogP contribution in [-0.4, -0.2) is 45.5 Å². The summed E-state index contributed by atoms with van der Waals surface area (Å²) in [6, 6.07) is 10.3. The molecule has 0 radical (unpaired) electrons. The molecule has 0 aliphatic carbocycles. The molecule has 160 valence electrons. The van der Waals surface area contributed by atoms with E-state index in [0.29, 0.717) is 5.56 Å². The minimum atomic E-state index is -4.50. The first kappa shape index (κ1) is 22.9. The fraction of sp³-hybridized carbons (Fsp3) is 0.211. The van der Waals surface area contributed by atoms with Crippen molar-refractivity contribution in [1.82, 2.24) is 3.97 Å². The van der Waals surface area contributed by atoms with Crippen LogP contribution >= 0.6 is 15.9 Å². The maximum atomic E-state index is 13.3. The predicted molar refractivity (Wildman–Crippen MR) is 111 cm³/mol. The van der Waals surface area contributed by atoms with E-state index in [2.05, 4.69) is 20.7 Å². The summed E-state index contributed by atoms with van der Waals surface area (Å²) in [5.41, 5.74) is 1.36. The van der Waals surface area contributed by atoms with Crippen LogP contribution in [0.25, 0.3) is 10.9 Å². The Hall–Kier alpha value is -1.81. The number of hydrogen-bond acceptors (Lipinski definition) is 4. The minimum absolute atomic E-state index is 0.0459. The van der Waals surface area contributed by atoms with Crippen molar-refractivity contribution in [2.45, 2.75) is 23.3 Å². The first-order valence-electron chi connectivity index (χ1n) is 8.41. The average molecular weight is 569 g/mol. The van der Waals surface area contributed by atoms with E-state index >= 15 is 0 Å². The summed E-state index contributed by atoms with van der Waals surface area (Å²) < 4.78 is 71.4. The molecule has 0 bridgehead atoms. The van der Waals surface area contributed by atoms with Crippen LogP contribution < -0.4 is 4.46 Å². The second-order valence-corrected chi connectivity index (χ2v) is 11.1. The Kier molecular flexibility index (Phi) is 6.38. The molecule has 0 saturated heterocycles. The molecule has 11 heteroatoms. The Labute approximate surface area is 185 Å². The summed E-state index contributed by atoms with van der Waals surface area (Å²) in [6.07, 6.45) is -0.140. The molecule has 0 saturated carbocycles. The van der Waals surface area contributed by atoms with E-state index in [9.17, 15) is 26.4 Å². The monoisotopic (exact) mass is 569 g/mol. The first-order chi connectivity index (χ1) is 13.9. The number of carbonyl (C=O) groups is 1. The summed E-state index contributed by atoms with van der Waals surface area (Å²) in [6.45, 7) is 1.80. The van der Waals surface area contributed by atoms with E-state index in [-0.39, 0.29) is 31.3 Å². The molecule has 0 unspecified atom stereocenters. The van der Waals surface area contributed by atoms with Crippen LogP contribution in [0.15, 0.2) is 52.0 Å². The molecule has 0 N–H and O–H groups in total. The fourth-order valence-electron chi connectivity index (χ4n) is 2.86. The molecule has 0 aliphatic heterocycles. The van der Waals surface area contributed by atoms with Crippen molar-refractivity contribution in [2.24, 2.45) is 0 Å². The molecule has 1 aromatic heterocycles. The Bertz CT molecular complexity index is 1220. The zero-order valence-electron chi connectivity index (χ0n) is 15.7. The number of rotatable bonds is 5. The van der Waals surface area contributed by atoms with Crippen molar-refractivity contribution >= 4 is 62.2 Å². The molecule has 0 atom stereocenters. The van der Waals surface area contributed by atoms with E-state index in [1.807, 2.05) is 0 Å². The maximum absolute atomic E-state index is 13.3. The van der Waals surface area contributed by atoms with Crippen LogP contribution in [0.3, 0.4) is 0 Å². The molecule has 3 aromatic rings. The molecule has 0 spiro atoms. The number of benzene rings is 2. The average Bonchev–Trinajstić information content (AvgIpc) is 2.92. The van der Waals surface area contributed by atoms with E-state index in [1.54, 1.807) is 19.1 Å². The normalized spacial score (nSPS) is 12.3. The van der Waals surface area contributed by atoms with Gasteiger partial charge in [0.2, 0.25) is 0 Å². The number of halogens is 4. The van der Waals surface area contributed by atoms with Crippen molar-refractivity contribution in [2.75, 3.05) is 7.11 Å². The summed E-state index contributed by atoms with van der Waals surface area (Å²) >= 11 is 1.08. The van der Waals surface area contributed by atoms with Gasteiger partial charge in [-0.1, -0.05) is 0 Å². The van der Waals surface area contributed by atoms with Crippen LogP contribution in [0.4, 0.5) is 13.2 Å². The van der Waals surface area contributed by atoms with Crippen LogP contribution in [0.2, 0.25) is 0 Å². The number of aryl methyl sites for hydroxylation is 1. The van der Waals surface area contributed by atoms with Crippen molar-refractivity contribution in [1.29, 1.82) is 0 Å².